The number of aromatic nitrogens is 1. The van der Waals surface area contributed by atoms with E-state index in [1.165, 1.54) is 0 Å². The van der Waals surface area contributed by atoms with Crippen molar-refractivity contribution in [2.75, 3.05) is 7.11 Å². The van der Waals surface area contributed by atoms with Gasteiger partial charge in [-0.3, -0.25) is 0 Å². The lowest BCUT2D eigenvalue weighted by Gasteiger charge is -2.14. The highest BCUT2D eigenvalue weighted by Gasteiger charge is 2.09. The SMILES string of the molecule is COc1cccc(COc2cc(Br)ccc2[C@@H](C)N)n1. The molecule has 4 nitrogen and oxygen atoms in total. The van der Waals surface area contributed by atoms with Gasteiger partial charge >= 0.3 is 0 Å². The molecule has 2 N–H and O–H groups in total. The zero-order valence-corrected chi connectivity index (χ0v) is 13.1. The first kappa shape index (κ1) is 14.8. The Morgan fingerprint density at radius 1 is 1.30 bits per heavy atom. The van der Waals surface area contributed by atoms with E-state index in [2.05, 4.69) is 20.9 Å². The Hall–Kier alpha value is -1.59. The first-order chi connectivity index (χ1) is 9.60. The van der Waals surface area contributed by atoms with Gasteiger partial charge in [0.1, 0.15) is 12.4 Å². The smallest absolute Gasteiger partial charge is 0.213 e. The first-order valence-electron chi connectivity index (χ1n) is 6.28. The molecule has 0 aliphatic carbocycles. The molecule has 20 heavy (non-hydrogen) atoms. The van der Waals surface area contributed by atoms with Crippen molar-refractivity contribution in [2.24, 2.45) is 5.73 Å². The summed E-state index contributed by atoms with van der Waals surface area (Å²) in [7, 11) is 1.59. The lowest BCUT2D eigenvalue weighted by atomic mass is 10.1. The van der Waals surface area contributed by atoms with Crippen LogP contribution in [0.25, 0.3) is 0 Å². The largest absolute Gasteiger partial charge is 0.487 e. The van der Waals surface area contributed by atoms with Crippen molar-refractivity contribution in [1.29, 1.82) is 0 Å². The van der Waals surface area contributed by atoms with Gasteiger partial charge in [0.05, 0.1) is 12.8 Å². The first-order valence-corrected chi connectivity index (χ1v) is 7.07. The fourth-order valence-electron chi connectivity index (χ4n) is 1.81. The van der Waals surface area contributed by atoms with Gasteiger partial charge in [-0.15, -0.1) is 0 Å². The second-order valence-corrected chi connectivity index (χ2v) is 5.35. The fourth-order valence-corrected chi connectivity index (χ4v) is 2.15. The van der Waals surface area contributed by atoms with Crippen LogP contribution in [0.4, 0.5) is 0 Å². The molecule has 2 aromatic rings. The lowest BCUT2D eigenvalue weighted by Crippen LogP contribution is -2.08. The minimum Gasteiger partial charge on any atom is -0.487 e. The number of nitrogens with zero attached hydrogens (tertiary/aromatic N) is 1. The molecule has 0 amide bonds. The highest BCUT2D eigenvalue weighted by molar-refractivity contribution is 9.10. The second-order valence-electron chi connectivity index (χ2n) is 4.43. The number of pyridine rings is 1. The van der Waals surface area contributed by atoms with Crippen molar-refractivity contribution >= 4 is 15.9 Å². The third kappa shape index (κ3) is 3.71. The molecule has 0 unspecified atom stereocenters. The fraction of sp³-hybridized carbons (Fsp3) is 0.267. The molecule has 0 radical (unpaired) electrons. The van der Waals surface area contributed by atoms with Crippen molar-refractivity contribution < 1.29 is 9.47 Å². The van der Waals surface area contributed by atoms with Crippen LogP contribution in [0.1, 0.15) is 24.2 Å². The number of rotatable bonds is 5. The Labute approximate surface area is 127 Å². The summed E-state index contributed by atoms with van der Waals surface area (Å²) in [6, 6.07) is 11.3. The van der Waals surface area contributed by atoms with Crippen LogP contribution in [-0.2, 0) is 6.61 Å². The van der Waals surface area contributed by atoms with Crippen LogP contribution in [0.3, 0.4) is 0 Å². The van der Waals surface area contributed by atoms with Crippen LogP contribution in [0.15, 0.2) is 40.9 Å². The van der Waals surface area contributed by atoms with E-state index in [9.17, 15) is 0 Å². The molecular weight excluding hydrogens is 320 g/mol. The van der Waals surface area contributed by atoms with E-state index in [0.29, 0.717) is 12.5 Å². The molecule has 0 aliphatic rings. The maximum Gasteiger partial charge on any atom is 0.213 e. The molecule has 0 aliphatic heterocycles. The van der Waals surface area contributed by atoms with Gasteiger partial charge in [0.2, 0.25) is 5.88 Å². The van der Waals surface area contributed by atoms with E-state index in [4.69, 9.17) is 15.2 Å². The monoisotopic (exact) mass is 336 g/mol. The van der Waals surface area contributed by atoms with Crippen molar-refractivity contribution in [3.63, 3.8) is 0 Å². The normalized spacial score (nSPS) is 12.0. The zero-order chi connectivity index (χ0) is 14.5. The molecule has 0 bridgehead atoms. The number of hydrogen-bond acceptors (Lipinski definition) is 4. The minimum absolute atomic E-state index is 0.0867. The Morgan fingerprint density at radius 2 is 2.10 bits per heavy atom. The van der Waals surface area contributed by atoms with Crippen LogP contribution in [0.2, 0.25) is 0 Å². The number of ether oxygens (including phenoxy) is 2. The number of benzene rings is 1. The molecule has 0 saturated heterocycles. The number of halogens is 1. The van der Waals surface area contributed by atoms with E-state index in [1.54, 1.807) is 13.2 Å². The van der Waals surface area contributed by atoms with E-state index in [-0.39, 0.29) is 6.04 Å². The summed E-state index contributed by atoms with van der Waals surface area (Å²) in [5, 5.41) is 0. The zero-order valence-electron chi connectivity index (χ0n) is 11.5. The Balaban J connectivity index is 2.15. The van der Waals surface area contributed by atoms with E-state index < -0.39 is 0 Å². The standard InChI is InChI=1S/C15H17BrN2O2/c1-10(17)13-7-6-11(16)8-14(13)20-9-12-4-3-5-15(18-12)19-2/h3-8,10H,9,17H2,1-2H3/t10-/m1/s1. The molecule has 106 valence electrons. The minimum atomic E-state index is -0.0867. The van der Waals surface area contributed by atoms with E-state index in [1.807, 2.05) is 37.3 Å². The van der Waals surface area contributed by atoms with E-state index in [0.717, 1.165) is 21.5 Å². The van der Waals surface area contributed by atoms with Crippen LogP contribution in [0.5, 0.6) is 11.6 Å². The third-order valence-electron chi connectivity index (χ3n) is 2.83. The van der Waals surface area contributed by atoms with E-state index >= 15 is 0 Å². The average Bonchev–Trinajstić information content (AvgIpc) is 2.45. The van der Waals surface area contributed by atoms with Gasteiger partial charge < -0.3 is 15.2 Å². The van der Waals surface area contributed by atoms with Gasteiger partial charge in [-0.1, -0.05) is 28.1 Å². The summed E-state index contributed by atoms with van der Waals surface area (Å²) in [4.78, 5) is 4.31. The summed E-state index contributed by atoms with van der Waals surface area (Å²) < 4.78 is 11.9. The molecule has 1 aromatic carbocycles. The highest BCUT2D eigenvalue weighted by atomic mass is 79.9. The second kappa shape index (κ2) is 6.72. The van der Waals surface area contributed by atoms with Crippen LogP contribution >= 0.6 is 15.9 Å². The number of hydrogen-bond donors (Lipinski definition) is 1. The predicted molar refractivity (Wildman–Crippen MR) is 81.9 cm³/mol. The predicted octanol–water partition coefficient (Wildman–Crippen LogP) is 3.45. The van der Waals surface area contributed by atoms with Crippen LogP contribution in [-0.4, -0.2) is 12.1 Å². The van der Waals surface area contributed by atoms with Gasteiger partial charge in [-0.05, 0) is 25.1 Å². The summed E-state index contributed by atoms with van der Waals surface area (Å²) in [5.41, 5.74) is 7.72. The summed E-state index contributed by atoms with van der Waals surface area (Å²) >= 11 is 3.44. The maximum absolute atomic E-state index is 5.95. The summed E-state index contributed by atoms with van der Waals surface area (Å²) in [6.07, 6.45) is 0. The van der Waals surface area contributed by atoms with Crippen LogP contribution < -0.4 is 15.2 Å². The molecule has 1 heterocycles. The van der Waals surface area contributed by atoms with Crippen molar-refractivity contribution in [1.82, 2.24) is 4.98 Å². The molecule has 0 fully saturated rings. The van der Waals surface area contributed by atoms with Crippen molar-refractivity contribution in [3.8, 4) is 11.6 Å². The summed E-state index contributed by atoms with van der Waals surface area (Å²) in [6.45, 7) is 2.30. The van der Waals surface area contributed by atoms with Crippen LogP contribution in [0, 0.1) is 0 Å². The number of nitrogens with two attached hydrogens (primary N) is 1. The molecular formula is C15H17BrN2O2. The topological polar surface area (TPSA) is 57.4 Å². The quantitative estimate of drug-likeness (QED) is 0.908. The molecule has 0 spiro atoms. The maximum atomic E-state index is 5.95. The van der Waals surface area contributed by atoms with Crippen molar-refractivity contribution in [2.45, 2.75) is 19.6 Å². The molecule has 1 atom stereocenters. The molecule has 0 saturated carbocycles. The molecule has 5 heteroatoms. The highest BCUT2D eigenvalue weighted by Crippen LogP contribution is 2.28. The Bertz CT molecular complexity index is 588. The van der Waals surface area contributed by atoms with Gasteiger partial charge in [-0.25, -0.2) is 4.98 Å². The van der Waals surface area contributed by atoms with Gasteiger partial charge in [0.15, 0.2) is 0 Å². The Morgan fingerprint density at radius 3 is 2.80 bits per heavy atom. The summed E-state index contributed by atoms with van der Waals surface area (Å²) in [5.74, 6) is 1.34. The van der Waals surface area contributed by atoms with Gasteiger partial charge in [-0.2, -0.15) is 0 Å². The molecule has 1 aromatic heterocycles. The van der Waals surface area contributed by atoms with Gasteiger partial charge in [0, 0.05) is 22.1 Å². The van der Waals surface area contributed by atoms with Gasteiger partial charge in [0.25, 0.3) is 0 Å². The third-order valence-corrected chi connectivity index (χ3v) is 3.33. The average molecular weight is 337 g/mol. The lowest BCUT2D eigenvalue weighted by molar-refractivity contribution is 0.293. The van der Waals surface area contributed by atoms with Crippen molar-refractivity contribution in [3.05, 3.63) is 52.1 Å². The molecule has 2 rings (SSSR count). The number of methoxy groups -OCH3 is 1. The Kier molecular flexibility index (Phi) is 4.98.